The summed E-state index contributed by atoms with van der Waals surface area (Å²) in [5, 5.41) is 21.4. The lowest BCUT2D eigenvalue weighted by Gasteiger charge is -2.11. The van der Waals surface area contributed by atoms with Gasteiger partial charge in [0.05, 0.1) is 18.4 Å². The molecule has 0 radical (unpaired) electrons. The number of methoxy groups -OCH3 is 1. The van der Waals surface area contributed by atoms with Crippen LogP contribution < -0.4 is 10.1 Å². The first-order valence-electron chi connectivity index (χ1n) is 5.84. The number of nitrogens with one attached hydrogen (secondary N) is 1. The van der Waals surface area contributed by atoms with Crippen LogP contribution in [0.5, 0.6) is 11.5 Å². The zero-order chi connectivity index (χ0) is 14.5. The molecule has 0 spiro atoms. The molecule has 2 rings (SSSR count). The molecule has 0 aromatic heterocycles. The van der Waals surface area contributed by atoms with Gasteiger partial charge in [0, 0.05) is 0 Å². The van der Waals surface area contributed by atoms with Crippen molar-refractivity contribution in [3.05, 3.63) is 53.6 Å². The Kier molecular flexibility index (Phi) is 3.87. The molecular formula is C15H12N2O3. The first kappa shape index (κ1) is 13.4. The maximum Gasteiger partial charge on any atom is 0.263 e. The number of benzene rings is 2. The highest BCUT2D eigenvalue weighted by Gasteiger charge is 2.18. The van der Waals surface area contributed by atoms with Crippen LogP contribution in [0.4, 0.5) is 5.69 Å². The van der Waals surface area contributed by atoms with E-state index in [1.165, 1.54) is 13.2 Å². The van der Waals surface area contributed by atoms with E-state index in [2.05, 4.69) is 5.32 Å². The Morgan fingerprint density at radius 1 is 1.25 bits per heavy atom. The largest absolute Gasteiger partial charge is 0.507 e. The lowest BCUT2D eigenvalue weighted by molar-refractivity contribution is 0.102. The minimum Gasteiger partial charge on any atom is -0.507 e. The number of rotatable bonds is 3. The number of para-hydroxylation sites is 1. The van der Waals surface area contributed by atoms with Crippen molar-refractivity contribution in [3.63, 3.8) is 0 Å². The van der Waals surface area contributed by atoms with Crippen LogP contribution in [0.2, 0.25) is 0 Å². The Morgan fingerprint density at radius 3 is 2.70 bits per heavy atom. The lowest BCUT2D eigenvalue weighted by Crippen LogP contribution is -2.14. The molecule has 2 N–H and O–H groups in total. The normalized spacial score (nSPS) is 9.60. The van der Waals surface area contributed by atoms with E-state index in [9.17, 15) is 9.90 Å². The molecule has 0 saturated heterocycles. The SMILES string of the molecule is COc1cccc(O)c1C(=O)Nc1ccccc1C#N. The fraction of sp³-hybridized carbons (Fsp3) is 0.0667. The summed E-state index contributed by atoms with van der Waals surface area (Å²) in [6, 6.07) is 13.2. The van der Waals surface area contributed by atoms with Gasteiger partial charge in [-0.05, 0) is 24.3 Å². The van der Waals surface area contributed by atoms with Crippen LogP contribution in [-0.2, 0) is 0 Å². The van der Waals surface area contributed by atoms with Crippen molar-refractivity contribution in [2.45, 2.75) is 0 Å². The second-order valence-electron chi connectivity index (χ2n) is 3.97. The minimum absolute atomic E-state index is 0.0303. The van der Waals surface area contributed by atoms with E-state index in [0.717, 1.165) is 0 Å². The number of carbonyl (C=O) groups excluding carboxylic acids is 1. The molecule has 0 aliphatic carbocycles. The molecule has 5 nitrogen and oxygen atoms in total. The van der Waals surface area contributed by atoms with Crippen molar-refractivity contribution >= 4 is 11.6 Å². The Hall–Kier alpha value is -3.00. The zero-order valence-corrected chi connectivity index (χ0v) is 10.8. The van der Waals surface area contributed by atoms with Crippen molar-refractivity contribution in [1.29, 1.82) is 5.26 Å². The number of nitriles is 1. The molecule has 20 heavy (non-hydrogen) atoms. The van der Waals surface area contributed by atoms with Crippen molar-refractivity contribution in [1.82, 2.24) is 0 Å². The van der Waals surface area contributed by atoms with Gasteiger partial charge >= 0.3 is 0 Å². The van der Waals surface area contributed by atoms with E-state index in [1.807, 2.05) is 6.07 Å². The van der Waals surface area contributed by atoms with Gasteiger partial charge in [0.2, 0.25) is 0 Å². The van der Waals surface area contributed by atoms with E-state index in [1.54, 1.807) is 36.4 Å². The smallest absolute Gasteiger partial charge is 0.263 e. The second-order valence-corrected chi connectivity index (χ2v) is 3.97. The third-order valence-electron chi connectivity index (χ3n) is 2.75. The molecule has 0 fully saturated rings. The Balaban J connectivity index is 2.37. The van der Waals surface area contributed by atoms with Gasteiger partial charge in [-0.3, -0.25) is 4.79 Å². The van der Waals surface area contributed by atoms with Gasteiger partial charge in [-0.2, -0.15) is 5.26 Å². The van der Waals surface area contributed by atoms with E-state index in [0.29, 0.717) is 11.3 Å². The number of hydrogen-bond acceptors (Lipinski definition) is 4. The van der Waals surface area contributed by atoms with Gasteiger partial charge in [-0.15, -0.1) is 0 Å². The predicted octanol–water partition coefficient (Wildman–Crippen LogP) is 2.52. The maximum absolute atomic E-state index is 12.2. The summed E-state index contributed by atoms with van der Waals surface area (Å²) in [4.78, 5) is 12.2. The summed E-state index contributed by atoms with van der Waals surface area (Å²) < 4.78 is 5.06. The number of hydrogen-bond donors (Lipinski definition) is 2. The van der Waals surface area contributed by atoms with Gasteiger partial charge in [-0.25, -0.2) is 0 Å². The zero-order valence-electron chi connectivity index (χ0n) is 10.8. The third-order valence-corrected chi connectivity index (χ3v) is 2.75. The van der Waals surface area contributed by atoms with Crippen molar-refractivity contribution in [3.8, 4) is 17.6 Å². The lowest BCUT2D eigenvalue weighted by atomic mass is 10.1. The summed E-state index contributed by atoms with van der Waals surface area (Å²) in [7, 11) is 1.41. The topological polar surface area (TPSA) is 82.3 Å². The molecule has 0 heterocycles. The minimum atomic E-state index is -0.539. The van der Waals surface area contributed by atoms with Gasteiger partial charge in [0.1, 0.15) is 23.1 Å². The number of anilines is 1. The maximum atomic E-state index is 12.2. The van der Waals surface area contributed by atoms with E-state index >= 15 is 0 Å². The number of amides is 1. The van der Waals surface area contributed by atoms with Crippen LogP contribution in [0.25, 0.3) is 0 Å². The summed E-state index contributed by atoms with van der Waals surface area (Å²) in [6.45, 7) is 0. The molecule has 0 unspecified atom stereocenters. The van der Waals surface area contributed by atoms with Crippen molar-refractivity contribution < 1.29 is 14.6 Å². The summed E-state index contributed by atoms with van der Waals surface area (Å²) in [6.07, 6.45) is 0. The molecule has 100 valence electrons. The molecule has 0 saturated carbocycles. The quantitative estimate of drug-likeness (QED) is 0.896. The van der Waals surface area contributed by atoms with Crippen LogP contribution in [0.3, 0.4) is 0 Å². The van der Waals surface area contributed by atoms with Gasteiger partial charge < -0.3 is 15.2 Å². The number of phenols is 1. The molecule has 5 heteroatoms. The average molecular weight is 268 g/mol. The Labute approximate surface area is 116 Å². The van der Waals surface area contributed by atoms with Crippen LogP contribution in [0.15, 0.2) is 42.5 Å². The number of carbonyl (C=O) groups is 1. The highest BCUT2D eigenvalue weighted by molar-refractivity contribution is 6.08. The van der Waals surface area contributed by atoms with Gasteiger partial charge in [0.25, 0.3) is 5.91 Å². The van der Waals surface area contributed by atoms with Gasteiger partial charge in [0.15, 0.2) is 0 Å². The number of ether oxygens (including phenoxy) is 1. The number of nitrogens with zero attached hydrogens (tertiary/aromatic N) is 1. The highest BCUT2D eigenvalue weighted by Crippen LogP contribution is 2.28. The van der Waals surface area contributed by atoms with Crippen LogP contribution in [0, 0.1) is 11.3 Å². The summed E-state index contributed by atoms with van der Waals surface area (Å²) in [5.41, 5.74) is 0.753. The fourth-order valence-corrected chi connectivity index (χ4v) is 1.79. The first-order valence-corrected chi connectivity index (χ1v) is 5.84. The van der Waals surface area contributed by atoms with Crippen LogP contribution in [0.1, 0.15) is 15.9 Å². The van der Waals surface area contributed by atoms with E-state index < -0.39 is 5.91 Å². The third kappa shape index (κ3) is 2.54. The molecule has 1 amide bonds. The molecule has 0 atom stereocenters. The van der Waals surface area contributed by atoms with Crippen molar-refractivity contribution in [2.24, 2.45) is 0 Å². The second kappa shape index (κ2) is 5.76. The standard InChI is InChI=1S/C15H12N2O3/c1-20-13-8-4-7-12(18)14(13)15(19)17-11-6-3-2-5-10(11)9-16/h2-8,18H,1H3,(H,17,19). The molecule has 0 aliphatic heterocycles. The van der Waals surface area contributed by atoms with Crippen molar-refractivity contribution in [2.75, 3.05) is 12.4 Å². The average Bonchev–Trinajstić information content (AvgIpc) is 2.47. The molecule has 2 aromatic rings. The van der Waals surface area contributed by atoms with Crippen LogP contribution in [-0.4, -0.2) is 18.1 Å². The van der Waals surface area contributed by atoms with Gasteiger partial charge in [-0.1, -0.05) is 18.2 Å². The monoisotopic (exact) mass is 268 g/mol. The number of phenolic OH excluding ortho intramolecular Hbond substituents is 1. The number of aromatic hydroxyl groups is 1. The Morgan fingerprint density at radius 2 is 2.00 bits per heavy atom. The fourth-order valence-electron chi connectivity index (χ4n) is 1.79. The highest BCUT2D eigenvalue weighted by atomic mass is 16.5. The molecule has 2 aromatic carbocycles. The van der Waals surface area contributed by atoms with E-state index in [4.69, 9.17) is 10.00 Å². The molecular weight excluding hydrogens is 256 g/mol. The molecule has 0 aliphatic rings. The van der Waals surface area contributed by atoms with Crippen LogP contribution >= 0.6 is 0 Å². The summed E-state index contributed by atoms with van der Waals surface area (Å²) in [5.74, 6) is -0.462. The first-order chi connectivity index (χ1) is 9.67. The predicted molar refractivity (Wildman–Crippen MR) is 73.8 cm³/mol. The Bertz CT molecular complexity index is 690. The van der Waals surface area contributed by atoms with E-state index in [-0.39, 0.29) is 17.1 Å². The molecule has 0 bridgehead atoms. The summed E-state index contributed by atoms with van der Waals surface area (Å²) >= 11 is 0.